The van der Waals surface area contributed by atoms with Crippen molar-refractivity contribution in [2.75, 3.05) is 18.4 Å². The fourth-order valence-corrected chi connectivity index (χ4v) is 3.60. The van der Waals surface area contributed by atoms with Crippen LogP contribution in [0.4, 0.5) is 15.9 Å². The number of rotatable bonds is 4. The largest absolute Gasteiger partial charge is 0.338 e. The second kappa shape index (κ2) is 7.19. The van der Waals surface area contributed by atoms with Crippen LogP contribution in [0.3, 0.4) is 0 Å². The van der Waals surface area contributed by atoms with Crippen molar-refractivity contribution in [3.63, 3.8) is 0 Å². The van der Waals surface area contributed by atoms with E-state index in [4.69, 9.17) is 17.3 Å². The zero-order valence-corrected chi connectivity index (χ0v) is 15.0. The minimum atomic E-state index is -0.449. The standard InChI is InChI=1S/C18H20ClFN6/c19-15-8-14(3-4-16(15)20)24-18-17-12(5-7-26(17)23-11-22-18)9-25-6-1-2-13(21)10-25/h3-5,7-8,11,13H,1-2,6,9-10,21H2,(H,22,23,24)/t13-/m0/s1. The zero-order chi connectivity index (χ0) is 18.1. The van der Waals surface area contributed by atoms with Gasteiger partial charge in [0, 0.05) is 31.0 Å². The van der Waals surface area contributed by atoms with Gasteiger partial charge in [0.15, 0.2) is 5.82 Å². The molecule has 1 fully saturated rings. The van der Waals surface area contributed by atoms with Crippen LogP contribution in [0.1, 0.15) is 18.4 Å². The summed E-state index contributed by atoms with van der Waals surface area (Å²) in [7, 11) is 0. The van der Waals surface area contributed by atoms with Crippen LogP contribution >= 0.6 is 11.6 Å². The molecule has 0 aliphatic carbocycles. The maximum absolute atomic E-state index is 13.4. The van der Waals surface area contributed by atoms with Crippen molar-refractivity contribution in [3.05, 3.63) is 53.2 Å². The van der Waals surface area contributed by atoms with Gasteiger partial charge in [-0.2, -0.15) is 5.10 Å². The molecule has 2 aromatic heterocycles. The van der Waals surface area contributed by atoms with E-state index in [2.05, 4.69) is 20.3 Å². The molecule has 1 atom stereocenters. The summed E-state index contributed by atoms with van der Waals surface area (Å²) >= 11 is 5.88. The lowest BCUT2D eigenvalue weighted by Gasteiger charge is -2.30. The molecule has 0 saturated carbocycles. The van der Waals surface area contributed by atoms with Gasteiger partial charge >= 0.3 is 0 Å². The van der Waals surface area contributed by atoms with Gasteiger partial charge in [0.05, 0.1) is 5.02 Å². The van der Waals surface area contributed by atoms with E-state index in [0.717, 1.165) is 43.6 Å². The van der Waals surface area contributed by atoms with Crippen molar-refractivity contribution >= 4 is 28.6 Å². The molecule has 0 unspecified atom stereocenters. The average Bonchev–Trinajstić information content (AvgIpc) is 3.02. The van der Waals surface area contributed by atoms with Crippen molar-refractivity contribution in [2.24, 2.45) is 5.73 Å². The summed E-state index contributed by atoms with van der Waals surface area (Å²) in [6.45, 7) is 2.72. The molecule has 0 spiro atoms. The van der Waals surface area contributed by atoms with Gasteiger partial charge < -0.3 is 11.1 Å². The van der Waals surface area contributed by atoms with Crippen molar-refractivity contribution in [1.82, 2.24) is 19.5 Å². The number of nitrogens with zero attached hydrogens (tertiary/aromatic N) is 4. The van der Waals surface area contributed by atoms with E-state index in [1.54, 1.807) is 16.6 Å². The third-order valence-electron chi connectivity index (χ3n) is 4.66. The Hall–Kier alpha value is -2.22. The molecule has 1 aliphatic rings. The highest BCUT2D eigenvalue weighted by atomic mass is 35.5. The Balaban J connectivity index is 1.64. The number of piperidine rings is 1. The Bertz CT molecular complexity index is 927. The Morgan fingerprint density at radius 1 is 1.35 bits per heavy atom. The van der Waals surface area contributed by atoms with E-state index in [1.807, 2.05) is 12.3 Å². The van der Waals surface area contributed by atoms with Crippen molar-refractivity contribution in [2.45, 2.75) is 25.4 Å². The van der Waals surface area contributed by atoms with E-state index < -0.39 is 5.82 Å². The van der Waals surface area contributed by atoms with E-state index >= 15 is 0 Å². The van der Waals surface area contributed by atoms with E-state index in [0.29, 0.717) is 11.5 Å². The van der Waals surface area contributed by atoms with E-state index in [9.17, 15) is 4.39 Å². The fraction of sp³-hybridized carbons (Fsp3) is 0.333. The van der Waals surface area contributed by atoms with Gasteiger partial charge in [-0.25, -0.2) is 13.9 Å². The van der Waals surface area contributed by atoms with Gasteiger partial charge in [-0.15, -0.1) is 0 Å². The Morgan fingerprint density at radius 2 is 2.23 bits per heavy atom. The SMILES string of the molecule is N[C@H]1CCCN(Cc2ccn3ncnc(Nc4ccc(F)c(Cl)c4)c23)C1. The summed E-state index contributed by atoms with van der Waals surface area (Å²) in [6, 6.07) is 6.78. The molecule has 1 aromatic carbocycles. The van der Waals surface area contributed by atoms with E-state index in [1.165, 1.54) is 12.4 Å². The van der Waals surface area contributed by atoms with Gasteiger partial charge in [0.1, 0.15) is 17.7 Å². The second-order valence-corrected chi connectivity index (χ2v) is 7.04. The molecular formula is C18H20ClFN6. The first-order chi connectivity index (χ1) is 12.6. The molecule has 136 valence electrons. The number of nitrogens with two attached hydrogens (primary N) is 1. The molecule has 8 heteroatoms. The molecule has 1 aliphatic heterocycles. The number of benzene rings is 1. The van der Waals surface area contributed by atoms with Crippen LogP contribution in [0.5, 0.6) is 0 Å². The Morgan fingerprint density at radius 3 is 3.04 bits per heavy atom. The first kappa shape index (κ1) is 17.2. The monoisotopic (exact) mass is 374 g/mol. The number of hydrogen-bond donors (Lipinski definition) is 2. The first-order valence-corrected chi connectivity index (χ1v) is 8.99. The smallest absolute Gasteiger partial charge is 0.158 e. The third kappa shape index (κ3) is 3.51. The number of aromatic nitrogens is 3. The van der Waals surface area contributed by atoms with Crippen molar-refractivity contribution in [1.29, 1.82) is 0 Å². The zero-order valence-electron chi connectivity index (χ0n) is 14.2. The minimum absolute atomic E-state index is 0.0676. The number of nitrogens with one attached hydrogen (secondary N) is 1. The highest BCUT2D eigenvalue weighted by Gasteiger charge is 2.19. The lowest BCUT2D eigenvalue weighted by atomic mass is 10.1. The molecule has 3 aromatic rings. The van der Waals surface area contributed by atoms with Gasteiger partial charge in [-0.05, 0) is 49.2 Å². The van der Waals surface area contributed by atoms with Crippen LogP contribution < -0.4 is 11.1 Å². The highest BCUT2D eigenvalue weighted by Crippen LogP contribution is 2.27. The van der Waals surface area contributed by atoms with Gasteiger partial charge in [0.2, 0.25) is 0 Å². The lowest BCUT2D eigenvalue weighted by Crippen LogP contribution is -2.42. The summed E-state index contributed by atoms with van der Waals surface area (Å²) in [6.07, 6.45) is 5.59. The van der Waals surface area contributed by atoms with Crippen LogP contribution in [-0.2, 0) is 6.54 Å². The summed E-state index contributed by atoms with van der Waals surface area (Å²) in [4.78, 5) is 6.73. The minimum Gasteiger partial charge on any atom is -0.338 e. The summed E-state index contributed by atoms with van der Waals surface area (Å²) in [5.41, 5.74) is 8.78. The van der Waals surface area contributed by atoms with Gasteiger partial charge in [-0.1, -0.05) is 11.6 Å². The second-order valence-electron chi connectivity index (χ2n) is 6.63. The number of fused-ring (bicyclic) bond motifs is 1. The normalized spacial score (nSPS) is 18.3. The third-order valence-corrected chi connectivity index (χ3v) is 4.95. The molecule has 6 nitrogen and oxygen atoms in total. The lowest BCUT2D eigenvalue weighted by molar-refractivity contribution is 0.202. The average molecular weight is 375 g/mol. The van der Waals surface area contributed by atoms with Crippen LogP contribution in [0.25, 0.3) is 5.52 Å². The predicted octanol–water partition coefficient (Wildman–Crippen LogP) is 3.19. The molecule has 26 heavy (non-hydrogen) atoms. The maximum Gasteiger partial charge on any atom is 0.158 e. The predicted molar refractivity (Wildman–Crippen MR) is 100 cm³/mol. The Kier molecular flexibility index (Phi) is 4.76. The number of likely N-dealkylation sites (tertiary alicyclic amines) is 1. The molecular weight excluding hydrogens is 355 g/mol. The van der Waals surface area contributed by atoms with Crippen molar-refractivity contribution < 1.29 is 4.39 Å². The molecule has 3 N–H and O–H groups in total. The van der Waals surface area contributed by atoms with Crippen LogP contribution in [0.15, 0.2) is 36.8 Å². The summed E-state index contributed by atoms with van der Waals surface area (Å²) < 4.78 is 15.2. The van der Waals surface area contributed by atoms with E-state index in [-0.39, 0.29) is 11.1 Å². The molecule has 0 amide bonds. The fourth-order valence-electron chi connectivity index (χ4n) is 3.42. The molecule has 4 rings (SSSR count). The quantitative estimate of drug-likeness (QED) is 0.733. The maximum atomic E-state index is 13.4. The van der Waals surface area contributed by atoms with Crippen molar-refractivity contribution in [3.8, 4) is 0 Å². The first-order valence-electron chi connectivity index (χ1n) is 8.61. The number of hydrogen-bond acceptors (Lipinski definition) is 5. The molecule has 0 radical (unpaired) electrons. The number of anilines is 2. The molecule has 0 bridgehead atoms. The van der Waals surface area contributed by atoms with Crippen LogP contribution in [0, 0.1) is 5.82 Å². The highest BCUT2D eigenvalue weighted by molar-refractivity contribution is 6.31. The summed E-state index contributed by atoms with van der Waals surface area (Å²) in [5, 5.41) is 7.57. The Labute approximate surface area is 155 Å². The topological polar surface area (TPSA) is 71.5 Å². The van der Waals surface area contributed by atoms with Gasteiger partial charge in [-0.3, -0.25) is 4.90 Å². The number of halogens is 2. The van der Waals surface area contributed by atoms with Crippen LogP contribution in [-0.4, -0.2) is 38.6 Å². The molecule has 1 saturated heterocycles. The molecule has 3 heterocycles. The van der Waals surface area contributed by atoms with Gasteiger partial charge in [0.25, 0.3) is 0 Å². The summed E-state index contributed by atoms with van der Waals surface area (Å²) in [5.74, 6) is 0.207. The van der Waals surface area contributed by atoms with Crippen LogP contribution in [0.2, 0.25) is 5.02 Å².